The van der Waals surface area contributed by atoms with E-state index in [1.807, 2.05) is 0 Å². The van der Waals surface area contributed by atoms with E-state index in [9.17, 15) is 14.9 Å². The normalized spacial score (nSPS) is 10.7. The van der Waals surface area contributed by atoms with Crippen molar-refractivity contribution in [2.45, 2.75) is 6.92 Å². The standard InChI is InChI=1S/C16H13N2O3/c1-11-15(16(19)12-7-3-2-4-8-12)18(21)14-10-6-5-9-13(14)17(11)20/h2-10,20H,1H3/q+1. The van der Waals surface area contributed by atoms with E-state index < -0.39 is 5.78 Å². The molecular formula is C16H13N2O3+. The minimum absolute atomic E-state index is 0.0811. The van der Waals surface area contributed by atoms with Gasteiger partial charge in [0.1, 0.15) is 5.69 Å². The average molecular weight is 281 g/mol. The Bertz CT molecular complexity index is 899. The van der Waals surface area contributed by atoms with Gasteiger partial charge in [-0.25, -0.2) is 0 Å². The van der Waals surface area contributed by atoms with Crippen LogP contribution in [0.5, 0.6) is 0 Å². The molecule has 3 rings (SSSR count). The van der Waals surface area contributed by atoms with Gasteiger partial charge in [0.2, 0.25) is 0 Å². The molecule has 0 aliphatic carbocycles. The molecule has 5 nitrogen and oxygen atoms in total. The summed E-state index contributed by atoms with van der Waals surface area (Å²) in [4.78, 5) is 25.0. The van der Waals surface area contributed by atoms with Crippen molar-refractivity contribution in [3.63, 3.8) is 0 Å². The van der Waals surface area contributed by atoms with E-state index in [-0.39, 0.29) is 16.9 Å². The van der Waals surface area contributed by atoms with Crippen LogP contribution in [0.1, 0.15) is 21.7 Å². The highest BCUT2D eigenvalue weighted by atomic mass is 16.5. The fourth-order valence-corrected chi connectivity index (χ4v) is 2.35. The largest absolute Gasteiger partial charge is 0.428 e. The molecular weight excluding hydrogens is 268 g/mol. The van der Waals surface area contributed by atoms with E-state index in [1.165, 1.54) is 6.92 Å². The van der Waals surface area contributed by atoms with E-state index >= 15 is 0 Å². The molecule has 0 saturated heterocycles. The van der Waals surface area contributed by atoms with Gasteiger partial charge in [-0.1, -0.05) is 42.5 Å². The average Bonchev–Trinajstić information content (AvgIpc) is 2.53. The lowest BCUT2D eigenvalue weighted by atomic mass is 10.1. The number of benzene rings is 2. The SMILES string of the molecule is Cc1c(C(=O)c2ccccc2)[n+](=O)c2ccccc2n1O. The fourth-order valence-electron chi connectivity index (χ4n) is 2.35. The second-order valence-corrected chi connectivity index (χ2v) is 4.72. The summed E-state index contributed by atoms with van der Waals surface area (Å²) < 4.78 is 1.45. The number of fused-ring (bicyclic) bond motifs is 1. The Morgan fingerprint density at radius 3 is 2.38 bits per heavy atom. The van der Waals surface area contributed by atoms with E-state index in [2.05, 4.69) is 0 Å². The molecule has 0 aliphatic rings. The third-order valence-electron chi connectivity index (χ3n) is 3.44. The first kappa shape index (κ1) is 13.1. The zero-order chi connectivity index (χ0) is 15.0. The van der Waals surface area contributed by atoms with Crippen molar-refractivity contribution in [3.05, 3.63) is 76.5 Å². The van der Waals surface area contributed by atoms with Crippen molar-refractivity contribution in [1.29, 1.82) is 0 Å². The Labute approximate surface area is 120 Å². The van der Waals surface area contributed by atoms with Gasteiger partial charge in [0.15, 0.2) is 5.52 Å². The van der Waals surface area contributed by atoms with Crippen molar-refractivity contribution in [2.75, 3.05) is 0 Å². The third kappa shape index (κ3) is 1.99. The van der Waals surface area contributed by atoms with Gasteiger partial charge in [0.25, 0.3) is 11.3 Å². The van der Waals surface area contributed by atoms with Gasteiger partial charge in [-0.15, -0.1) is 0 Å². The molecule has 1 N–H and O–H groups in total. The molecule has 5 heteroatoms. The highest BCUT2D eigenvalue weighted by molar-refractivity contribution is 6.07. The van der Waals surface area contributed by atoms with Gasteiger partial charge < -0.3 is 5.21 Å². The minimum Gasteiger partial charge on any atom is -0.428 e. The van der Waals surface area contributed by atoms with Crippen LogP contribution >= 0.6 is 0 Å². The summed E-state index contributed by atoms with van der Waals surface area (Å²) in [6.07, 6.45) is 0. The maximum atomic E-state index is 12.5. The highest BCUT2D eigenvalue weighted by Gasteiger charge is 2.29. The van der Waals surface area contributed by atoms with Crippen molar-refractivity contribution in [2.24, 2.45) is 0 Å². The molecule has 2 aromatic carbocycles. The van der Waals surface area contributed by atoms with Gasteiger partial charge >= 0.3 is 5.69 Å². The molecule has 0 radical (unpaired) electrons. The summed E-state index contributed by atoms with van der Waals surface area (Å²) in [5, 5.41) is 10.2. The number of para-hydroxylation sites is 2. The van der Waals surface area contributed by atoms with E-state index in [1.54, 1.807) is 54.6 Å². The first-order valence-corrected chi connectivity index (χ1v) is 6.47. The summed E-state index contributed by atoms with van der Waals surface area (Å²) in [7, 11) is 0. The first-order valence-electron chi connectivity index (χ1n) is 6.47. The molecule has 0 atom stereocenters. The van der Waals surface area contributed by atoms with Gasteiger partial charge in [-0.3, -0.25) is 4.79 Å². The molecule has 0 bridgehead atoms. The fraction of sp³-hybridized carbons (Fsp3) is 0.0625. The molecule has 104 valence electrons. The van der Waals surface area contributed by atoms with Gasteiger partial charge in [-0.2, -0.15) is 4.73 Å². The molecule has 3 aromatic rings. The molecule has 0 amide bonds. The molecule has 0 spiro atoms. The molecule has 0 unspecified atom stereocenters. The molecule has 21 heavy (non-hydrogen) atoms. The van der Waals surface area contributed by atoms with Crippen LogP contribution in [0.3, 0.4) is 0 Å². The second-order valence-electron chi connectivity index (χ2n) is 4.72. The van der Waals surface area contributed by atoms with Crippen molar-refractivity contribution in [1.82, 2.24) is 4.73 Å². The maximum absolute atomic E-state index is 12.5. The Kier molecular flexibility index (Phi) is 3.02. The zero-order valence-electron chi connectivity index (χ0n) is 11.4. The van der Waals surface area contributed by atoms with Crippen molar-refractivity contribution < 1.29 is 14.4 Å². The van der Waals surface area contributed by atoms with E-state index in [4.69, 9.17) is 0 Å². The molecule has 1 heterocycles. The van der Waals surface area contributed by atoms with Crippen LogP contribution in [0.2, 0.25) is 0 Å². The summed E-state index contributed by atoms with van der Waals surface area (Å²) in [5.41, 5.74) is 1.12. The molecule has 1 aromatic heterocycles. The smallest absolute Gasteiger partial charge is 0.333 e. The third-order valence-corrected chi connectivity index (χ3v) is 3.44. The Hall–Kier alpha value is -2.95. The molecule has 0 fully saturated rings. The molecule has 0 aliphatic heterocycles. The Balaban J connectivity index is 2.34. The molecule has 0 saturated carbocycles. The number of hydrogen-bond acceptors (Lipinski definition) is 3. The second kappa shape index (κ2) is 4.86. The topological polar surface area (TPSA) is 65.2 Å². The number of ketones is 1. The number of aromatic nitrogens is 2. The van der Waals surface area contributed by atoms with Crippen LogP contribution in [0.4, 0.5) is 0 Å². The quantitative estimate of drug-likeness (QED) is 0.445. The van der Waals surface area contributed by atoms with Gasteiger partial charge in [0.05, 0.1) is 4.43 Å². The highest BCUT2D eigenvalue weighted by Crippen LogP contribution is 2.15. The van der Waals surface area contributed by atoms with Crippen LogP contribution in [0.25, 0.3) is 11.0 Å². The number of rotatable bonds is 2. The van der Waals surface area contributed by atoms with Crippen LogP contribution in [-0.4, -0.2) is 15.7 Å². The van der Waals surface area contributed by atoms with E-state index in [0.717, 1.165) is 4.73 Å². The van der Waals surface area contributed by atoms with E-state index in [0.29, 0.717) is 15.5 Å². The number of carbonyl (C=O) groups excluding carboxylic acids is 1. The minimum atomic E-state index is -0.420. The predicted octanol–water partition coefficient (Wildman–Crippen LogP) is 2.33. The van der Waals surface area contributed by atoms with Gasteiger partial charge in [0, 0.05) is 16.5 Å². The summed E-state index contributed by atoms with van der Waals surface area (Å²) in [6.45, 7) is 1.54. The van der Waals surface area contributed by atoms with Crippen molar-refractivity contribution >= 4 is 16.8 Å². The maximum Gasteiger partial charge on any atom is 0.333 e. The predicted molar refractivity (Wildman–Crippen MR) is 77.1 cm³/mol. The van der Waals surface area contributed by atoms with Crippen LogP contribution in [0.15, 0.2) is 54.6 Å². The lowest BCUT2D eigenvalue weighted by Crippen LogP contribution is -2.31. The summed E-state index contributed by atoms with van der Waals surface area (Å²) in [6, 6.07) is 15.1. The monoisotopic (exact) mass is 281 g/mol. The number of carbonyl (C=O) groups is 1. The van der Waals surface area contributed by atoms with Crippen LogP contribution in [-0.2, 0) is 0 Å². The summed E-state index contributed by atoms with van der Waals surface area (Å²) >= 11 is 0. The summed E-state index contributed by atoms with van der Waals surface area (Å²) in [5.74, 6) is -0.420. The number of hydrogen-bond donors (Lipinski definition) is 1. The van der Waals surface area contributed by atoms with Crippen LogP contribution < -0.4 is 4.43 Å². The number of nitrogens with zero attached hydrogens (tertiary/aromatic N) is 2. The lowest BCUT2D eigenvalue weighted by molar-refractivity contribution is -0.468. The van der Waals surface area contributed by atoms with Crippen molar-refractivity contribution in [3.8, 4) is 0 Å². The lowest BCUT2D eigenvalue weighted by Gasteiger charge is -2.05. The first-order chi connectivity index (χ1) is 10.1. The zero-order valence-corrected chi connectivity index (χ0v) is 11.4. The Morgan fingerprint density at radius 1 is 1.05 bits per heavy atom. The van der Waals surface area contributed by atoms with Gasteiger partial charge in [-0.05, 0) is 13.0 Å². The Morgan fingerprint density at radius 2 is 1.67 bits per heavy atom. The van der Waals surface area contributed by atoms with Crippen LogP contribution in [0, 0.1) is 11.8 Å².